The van der Waals surface area contributed by atoms with Crippen LogP contribution in [-0.4, -0.2) is 62.6 Å². The lowest BCUT2D eigenvalue weighted by Gasteiger charge is -2.27. The lowest BCUT2D eigenvalue weighted by molar-refractivity contribution is -0.147. The predicted octanol–water partition coefficient (Wildman–Crippen LogP) is 2.25. The minimum absolute atomic E-state index is 0.0190. The molecule has 10 heteroatoms. The first-order valence-corrected chi connectivity index (χ1v) is 12.4. The zero-order valence-electron chi connectivity index (χ0n) is 19.6. The largest absolute Gasteiger partial charge is 0.495 e. The summed E-state index contributed by atoms with van der Waals surface area (Å²) in [4.78, 5) is 40.7. The number of amides is 3. The molecule has 1 N–H and O–H groups in total. The molecule has 0 saturated carbocycles. The van der Waals surface area contributed by atoms with Gasteiger partial charge in [0, 0.05) is 14.1 Å². The second-order valence-corrected chi connectivity index (χ2v) is 11.1. The van der Waals surface area contributed by atoms with Gasteiger partial charge < -0.3 is 10.1 Å². The van der Waals surface area contributed by atoms with E-state index >= 15 is 0 Å². The van der Waals surface area contributed by atoms with Gasteiger partial charge in [0.1, 0.15) is 11.8 Å². The van der Waals surface area contributed by atoms with E-state index in [9.17, 15) is 22.8 Å². The van der Waals surface area contributed by atoms with Crippen LogP contribution in [0, 0.1) is 17.8 Å². The third-order valence-corrected chi connectivity index (χ3v) is 7.87. The van der Waals surface area contributed by atoms with Crippen molar-refractivity contribution in [1.82, 2.24) is 9.21 Å². The van der Waals surface area contributed by atoms with E-state index in [1.54, 1.807) is 0 Å². The Hall–Kier alpha value is -2.72. The zero-order chi connectivity index (χ0) is 24.5. The third-order valence-electron chi connectivity index (χ3n) is 6.06. The molecule has 33 heavy (non-hydrogen) atoms. The monoisotopic (exact) mass is 477 g/mol. The smallest absolute Gasteiger partial charge is 0.247 e. The molecular weight excluding hydrogens is 446 g/mol. The number of carbonyl (C=O) groups is 3. The Morgan fingerprint density at radius 2 is 1.73 bits per heavy atom. The van der Waals surface area contributed by atoms with Gasteiger partial charge in [0.15, 0.2) is 0 Å². The minimum atomic E-state index is -3.75. The second kappa shape index (κ2) is 9.64. The fraction of sp³-hybridized carbons (Fsp3) is 0.522. The van der Waals surface area contributed by atoms with Crippen LogP contribution in [0.4, 0.5) is 5.69 Å². The van der Waals surface area contributed by atoms with E-state index in [0.29, 0.717) is 12.8 Å². The van der Waals surface area contributed by atoms with Gasteiger partial charge >= 0.3 is 0 Å². The Labute approximate surface area is 194 Å². The molecule has 3 unspecified atom stereocenters. The summed E-state index contributed by atoms with van der Waals surface area (Å²) in [5.41, 5.74) is 0.150. The number of hydrogen-bond acceptors (Lipinski definition) is 6. The number of hydrogen-bond donors (Lipinski definition) is 1. The van der Waals surface area contributed by atoms with Crippen molar-refractivity contribution in [3.63, 3.8) is 0 Å². The summed E-state index contributed by atoms with van der Waals surface area (Å²) >= 11 is 0. The van der Waals surface area contributed by atoms with Gasteiger partial charge in [-0.15, -0.1) is 0 Å². The summed E-state index contributed by atoms with van der Waals surface area (Å²) in [6, 6.07) is 3.15. The van der Waals surface area contributed by atoms with Gasteiger partial charge in [0.25, 0.3) is 0 Å². The van der Waals surface area contributed by atoms with Crippen molar-refractivity contribution in [3.8, 4) is 5.75 Å². The van der Waals surface area contributed by atoms with E-state index in [-0.39, 0.29) is 40.5 Å². The molecule has 1 fully saturated rings. The van der Waals surface area contributed by atoms with Crippen LogP contribution >= 0.6 is 0 Å². The summed E-state index contributed by atoms with van der Waals surface area (Å²) in [7, 11) is 0.483. The number of methoxy groups -OCH3 is 1. The zero-order valence-corrected chi connectivity index (χ0v) is 20.4. The number of fused-ring (bicyclic) bond motifs is 1. The number of nitrogens with zero attached hydrogens (tertiary/aromatic N) is 2. The first-order chi connectivity index (χ1) is 15.5. The normalized spacial score (nSPS) is 21.5. The van der Waals surface area contributed by atoms with Crippen LogP contribution in [0.1, 0.15) is 33.1 Å². The van der Waals surface area contributed by atoms with Gasteiger partial charge in [-0.25, -0.2) is 12.7 Å². The molecule has 1 aromatic rings. The Morgan fingerprint density at radius 3 is 2.21 bits per heavy atom. The van der Waals surface area contributed by atoms with E-state index in [0.717, 1.165) is 9.21 Å². The molecule has 3 rings (SSSR count). The van der Waals surface area contributed by atoms with Crippen LogP contribution in [0.15, 0.2) is 35.2 Å². The number of rotatable bonds is 8. The number of nitrogens with one attached hydrogen (secondary N) is 1. The molecule has 0 bridgehead atoms. The van der Waals surface area contributed by atoms with E-state index in [4.69, 9.17) is 4.74 Å². The van der Waals surface area contributed by atoms with Gasteiger partial charge in [-0.05, 0) is 43.4 Å². The van der Waals surface area contributed by atoms with Crippen molar-refractivity contribution in [1.29, 1.82) is 0 Å². The highest BCUT2D eigenvalue weighted by molar-refractivity contribution is 7.89. The van der Waals surface area contributed by atoms with Crippen LogP contribution in [0.5, 0.6) is 5.75 Å². The Kier molecular flexibility index (Phi) is 7.28. The van der Waals surface area contributed by atoms with Crippen molar-refractivity contribution in [3.05, 3.63) is 30.4 Å². The fourth-order valence-electron chi connectivity index (χ4n) is 4.28. The van der Waals surface area contributed by atoms with E-state index in [1.165, 1.54) is 39.4 Å². The first kappa shape index (κ1) is 24.9. The molecule has 2 aliphatic rings. The quantitative estimate of drug-likeness (QED) is 0.454. The predicted molar refractivity (Wildman–Crippen MR) is 123 cm³/mol. The molecule has 1 aromatic carbocycles. The second-order valence-electron chi connectivity index (χ2n) is 8.99. The van der Waals surface area contributed by atoms with Crippen LogP contribution in [0.2, 0.25) is 0 Å². The average molecular weight is 478 g/mol. The summed E-state index contributed by atoms with van der Waals surface area (Å²) in [5, 5.41) is 2.71. The van der Waals surface area contributed by atoms with Crippen molar-refractivity contribution in [2.45, 2.75) is 44.0 Å². The molecule has 3 atom stereocenters. The highest BCUT2D eigenvalue weighted by Gasteiger charge is 2.51. The summed E-state index contributed by atoms with van der Waals surface area (Å²) < 4.78 is 31.5. The van der Waals surface area contributed by atoms with E-state index in [1.807, 2.05) is 26.0 Å². The Balaban J connectivity index is 1.94. The molecule has 1 heterocycles. The lowest BCUT2D eigenvalue weighted by Crippen LogP contribution is -2.48. The van der Waals surface area contributed by atoms with Crippen LogP contribution in [-0.2, 0) is 24.4 Å². The maximum absolute atomic E-state index is 13.4. The molecule has 3 amide bonds. The van der Waals surface area contributed by atoms with Gasteiger partial charge in [0.05, 0.1) is 29.5 Å². The highest BCUT2D eigenvalue weighted by Crippen LogP contribution is 2.37. The summed E-state index contributed by atoms with van der Waals surface area (Å²) in [6.07, 6.45) is 5.05. The minimum Gasteiger partial charge on any atom is -0.495 e. The molecule has 180 valence electrons. The highest BCUT2D eigenvalue weighted by atomic mass is 32.2. The third kappa shape index (κ3) is 4.81. The molecule has 1 aliphatic carbocycles. The topological polar surface area (TPSA) is 113 Å². The maximum Gasteiger partial charge on any atom is 0.247 e. The number of benzene rings is 1. The van der Waals surface area contributed by atoms with Gasteiger partial charge in [0.2, 0.25) is 27.7 Å². The van der Waals surface area contributed by atoms with Crippen LogP contribution in [0.25, 0.3) is 0 Å². The molecule has 1 saturated heterocycles. The van der Waals surface area contributed by atoms with Gasteiger partial charge in [-0.2, -0.15) is 0 Å². The number of imide groups is 1. The number of likely N-dealkylation sites (tertiary alicyclic amines) is 1. The van der Waals surface area contributed by atoms with E-state index in [2.05, 4.69) is 5.32 Å². The molecule has 0 aromatic heterocycles. The molecule has 1 aliphatic heterocycles. The molecular formula is C23H31N3O6S. The molecule has 0 spiro atoms. The van der Waals surface area contributed by atoms with Crippen molar-refractivity contribution < 1.29 is 27.5 Å². The SMILES string of the molecule is COc1ccc(S(=O)(=O)N(C)C)cc1NC(=O)C(CC(C)C)N1C(=O)C2CC=CCC2C1=O. The number of ether oxygens (including phenoxy) is 1. The van der Waals surface area contributed by atoms with Crippen LogP contribution in [0.3, 0.4) is 0 Å². The van der Waals surface area contributed by atoms with Crippen molar-refractivity contribution in [2.24, 2.45) is 17.8 Å². The first-order valence-electron chi connectivity index (χ1n) is 10.9. The number of anilines is 1. The fourth-order valence-corrected chi connectivity index (χ4v) is 5.21. The van der Waals surface area contributed by atoms with Gasteiger partial charge in [-0.1, -0.05) is 26.0 Å². The number of sulfonamides is 1. The standard InChI is InChI=1S/C23H31N3O6S/c1-14(2)12-19(26-22(28)16-8-6-7-9-17(16)23(26)29)21(27)24-18-13-15(10-11-20(18)32-5)33(30,31)25(3)4/h6-7,10-11,13-14,16-17,19H,8-9,12H2,1-5H3,(H,24,27). The molecule has 0 radical (unpaired) electrons. The average Bonchev–Trinajstić information content (AvgIpc) is 3.02. The summed E-state index contributed by atoms with van der Waals surface area (Å²) in [6.45, 7) is 3.82. The number of allylic oxidation sites excluding steroid dienone is 2. The molecule has 9 nitrogen and oxygen atoms in total. The maximum atomic E-state index is 13.4. The van der Waals surface area contributed by atoms with Crippen molar-refractivity contribution in [2.75, 3.05) is 26.5 Å². The van der Waals surface area contributed by atoms with Gasteiger partial charge in [-0.3, -0.25) is 19.3 Å². The Morgan fingerprint density at radius 1 is 1.15 bits per heavy atom. The number of carbonyl (C=O) groups excluding carboxylic acids is 3. The Bertz CT molecular complexity index is 1050. The lowest BCUT2D eigenvalue weighted by atomic mass is 9.85. The van der Waals surface area contributed by atoms with Crippen LogP contribution < -0.4 is 10.1 Å². The summed E-state index contributed by atoms with van der Waals surface area (Å²) in [5.74, 6) is -1.79. The van der Waals surface area contributed by atoms with E-state index < -0.39 is 33.8 Å². The van der Waals surface area contributed by atoms with Crippen molar-refractivity contribution >= 4 is 33.4 Å².